The number of hydrogen-bond donors (Lipinski definition) is 1. The van der Waals surface area contributed by atoms with E-state index in [1.165, 1.54) is 6.26 Å². The van der Waals surface area contributed by atoms with Crippen LogP contribution in [0.15, 0.2) is 16.7 Å². The highest BCUT2D eigenvalue weighted by atomic mass is 16.5. The van der Waals surface area contributed by atoms with E-state index in [0.717, 1.165) is 5.56 Å². The van der Waals surface area contributed by atoms with E-state index in [0.29, 0.717) is 18.8 Å². The first-order chi connectivity index (χ1) is 7.19. The fourth-order valence-electron chi connectivity index (χ4n) is 1.86. The molecule has 1 aromatic heterocycles. The summed E-state index contributed by atoms with van der Waals surface area (Å²) in [4.78, 5) is 0. The Morgan fingerprint density at radius 3 is 2.93 bits per heavy atom. The van der Waals surface area contributed by atoms with Crippen molar-refractivity contribution in [3.8, 4) is 6.07 Å². The standard InChI is InChI=1S/C11H13NO3/c1-8-2-4-15-9(8)10(13)11(6-12)3-5-14-7-11/h2,4,10,13H,3,5,7H2,1H3. The van der Waals surface area contributed by atoms with Crippen molar-refractivity contribution >= 4 is 0 Å². The van der Waals surface area contributed by atoms with Crippen LogP contribution in [0, 0.1) is 23.7 Å². The third kappa shape index (κ3) is 1.54. The molecular formula is C11H13NO3. The highest BCUT2D eigenvalue weighted by molar-refractivity contribution is 5.22. The lowest BCUT2D eigenvalue weighted by Crippen LogP contribution is -2.27. The summed E-state index contributed by atoms with van der Waals surface area (Å²) in [7, 11) is 0. The molecule has 2 heterocycles. The molecule has 0 amide bonds. The lowest BCUT2D eigenvalue weighted by Gasteiger charge is -2.24. The Hall–Kier alpha value is -1.31. The summed E-state index contributed by atoms with van der Waals surface area (Å²) in [6.45, 7) is 2.64. The summed E-state index contributed by atoms with van der Waals surface area (Å²) in [5, 5.41) is 19.3. The van der Waals surface area contributed by atoms with E-state index in [4.69, 9.17) is 14.4 Å². The topological polar surface area (TPSA) is 66.4 Å². The molecule has 1 aliphatic rings. The second-order valence-corrected chi connectivity index (χ2v) is 3.94. The Kier molecular flexibility index (Phi) is 2.51. The molecule has 1 fully saturated rings. The second kappa shape index (κ2) is 3.69. The average Bonchev–Trinajstić information content (AvgIpc) is 2.86. The smallest absolute Gasteiger partial charge is 0.136 e. The molecule has 0 spiro atoms. The molecule has 15 heavy (non-hydrogen) atoms. The molecule has 0 radical (unpaired) electrons. The molecule has 4 nitrogen and oxygen atoms in total. The summed E-state index contributed by atoms with van der Waals surface area (Å²) in [5.74, 6) is 0.474. The van der Waals surface area contributed by atoms with E-state index in [1.807, 2.05) is 6.92 Å². The quantitative estimate of drug-likeness (QED) is 0.799. The predicted octanol–water partition coefficient (Wildman–Crippen LogP) is 1.55. The van der Waals surface area contributed by atoms with Crippen LogP contribution in [0.3, 0.4) is 0 Å². The molecule has 80 valence electrons. The van der Waals surface area contributed by atoms with Gasteiger partial charge in [0.25, 0.3) is 0 Å². The van der Waals surface area contributed by atoms with Crippen LogP contribution in [0.25, 0.3) is 0 Å². The number of nitriles is 1. The van der Waals surface area contributed by atoms with Crippen molar-refractivity contribution in [3.05, 3.63) is 23.7 Å². The number of rotatable bonds is 2. The Balaban J connectivity index is 2.31. The summed E-state index contributed by atoms with van der Waals surface area (Å²) in [6, 6.07) is 3.93. The molecule has 2 atom stereocenters. The number of aryl methyl sites for hydroxylation is 1. The Labute approximate surface area is 88.1 Å². The molecule has 0 saturated carbocycles. The lowest BCUT2D eigenvalue weighted by molar-refractivity contribution is 0.0338. The van der Waals surface area contributed by atoms with E-state index in [2.05, 4.69) is 6.07 Å². The zero-order valence-corrected chi connectivity index (χ0v) is 8.56. The maximum Gasteiger partial charge on any atom is 0.136 e. The molecule has 0 aromatic carbocycles. The molecule has 2 rings (SSSR count). The van der Waals surface area contributed by atoms with Crippen molar-refractivity contribution in [2.75, 3.05) is 13.2 Å². The van der Waals surface area contributed by atoms with Gasteiger partial charge < -0.3 is 14.3 Å². The second-order valence-electron chi connectivity index (χ2n) is 3.94. The molecule has 1 aliphatic heterocycles. The van der Waals surface area contributed by atoms with Crippen molar-refractivity contribution in [2.24, 2.45) is 5.41 Å². The van der Waals surface area contributed by atoms with E-state index in [-0.39, 0.29) is 6.61 Å². The number of aliphatic hydroxyl groups excluding tert-OH is 1. The first-order valence-electron chi connectivity index (χ1n) is 4.91. The monoisotopic (exact) mass is 207 g/mol. The van der Waals surface area contributed by atoms with Crippen LogP contribution in [-0.2, 0) is 4.74 Å². The van der Waals surface area contributed by atoms with Gasteiger partial charge in [-0.25, -0.2) is 0 Å². The van der Waals surface area contributed by atoms with Crippen LogP contribution in [0.5, 0.6) is 0 Å². The highest BCUT2D eigenvalue weighted by Gasteiger charge is 2.44. The van der Waals surface area contributed by atoms with E-state index < -0.39 is 11.5 Å². The minimum atomic E-state index is -0.903. The third-order valence-electron chi connectivity index (χ3n) is 2.95. The molecule has 4 heteroatoms. The average molecular weight is 207 g/mol. The predicted molar refractivity (Wildman–Crippen MR) is 51.9 cm³/mol. The van der Waals surface area contributed by atoms with Gasteiger partial charge in [0, 0.05) is 6.61 Å². The number of hydrogen-bond acceptors (Lipinski definition) is 4. The number of nitrogens with zero attached hydrogens (tertiary/aromatic N) is 1. The fraction of sp³-hybridized carbons (Fsp3) is 0.545. The largest absolute Gasteiger partial charge is 0.466 e. The summed E-state index contributed by atoms with van der Waals surface area (Å²) >= 11 is 0. The van der Waals surface area contributed by atoms with Crippen LogP contribution in [0.4, 0.5) is 0 Å². The van der Waals surface area contributed by atoms with Crippen LogP contribution in [0.1, 0.15) is 23.8 Å². The third-order valence-corrected chi connectivity index (χ3v) is 2.95. The normalized spacial score (nSPS) is 27.5. The van der Waals surface area contributed by atoms with Crippen LogP contribution in [-0.4, -0.2) is 18.3 Å². The van der Waals surface area contributed by atoms with Gasteiger partial charge in [-0.2, -0.15) is 5.26 Å². The maximum absolute atomic E-state index is 10.1. The molecule has 1 aromatic rings. The van der Waals surface area contributed by atoms with Crippen LogP contribution < -0.4 is 0 Å². The SMILES string of the molecule is Cc1ccoc1C(O)C1(C#N)CCOC1. The maximum atomic E-state index is 10.1. The number of furan rings is 1. The van der Waals surface area contributed by atoms with E-state index in [1.54, 1.807) is 6.07 Å². The van der Waals surface area contributed by atoms with Crippen LogP contribution in [0.2, 0.25) is 0 Å². The van der Waals surface area contributed by atoms with Gasteiger partial charge in [0.15, 0.2) is 0 Å². The van der Waals surface area contributed by atoms with Crippen LogP contribution >= 0.6 is 0 Å². The number of ether oxygens (including phenoxy) is 1. The molecule has 2 unspecified atom stereocenters. The van der Waals surface area contributed by atoms with Crippen molar-refractivity contribution in [2.45, 2.75) is 19.4 Å². The van der Waals surface area contributed by atoms with Gasteiger partial charge >= 0.3 is 0 Å². The zero-order chi connectivity index (χ0) is 10.9. The van der Waals surface area contributed by atoms with Gasteiger partial charge in [-0.1, -0.05) is 0 Å². The van der Waals surface area contributed by atoms with E-state index >= 15 is 0 Å². The van der Waals surface area contributed by atoms with Crippen molar-refractivity contribution in [3.63, 3.8) is 0 Å². The minimum absolute atomic E-state index is 0.269. The van der Waals surface area contributed by atoms with Gasteiger partial charge in [0.05, 0.1) is 18.9 Å². The lowest BCUT2D eigenvalue weighted by atomic mass is 9.81. The first kappa shape index (κ1) is 10.2. The molecule has 1 saturated heterocycles. The molecule has 0 aliphatic carbocycles. The molecule has 1 N–H and O–H groups in total. The van der Waals surface area contributed by atoms with Gasteiger partial charge in [-0.05, 0) is 25.0 Å². The summed E-state index contributed by atoms with van der Waals surface area (Å²) in [6.07, 6.45) is 1.17. The summed E-state index contributed by atoms with van der Waals surface area (Å²) in [5.41, 5.74) is 0.0202. The van der Waals surface area contributed by atoms with Gasteiger partial charge in [-0.15, -0.1) is 0 Å². The molecular weight excluding hydrogens is 194 g/mol. The fourth-order valence-corrected chi connectivity index (χ4v) is 1.86. The molecule has 0 bridgehead atoms. The van der Waals surface area contributed by atoms with E-state index in [9.17, 15) is 5.11 Å². The van der Waals surface area contributed by atoms with Crippen molar-refractivity contribution in [1.29, 1.82) is 5.26 Å². The highest BCUT2D eigenvalue weighted by Crippen LogP contribution is 2.41. The Bertz CT molecular complexity index is 385. The zero-order valence-electron chi connectivity index (χ0n) is 8.56. The van der Waals surface area contributed by atoms with Crippen molar-refractivity contribution in [1.82, 2.24) is 0 Å². The Morgan fingerprint density at radius 2 is 2.47 bits per heavy atom. The van der Waals surface area contributed by atoms with Gasteiger partial charge in [0.1, 0.15) is 17.3 Å². The summed E-state index contributed by atoms with van der Waals surface area (Å²) < 4.78 is 10.4. The van der Waals surface area contributed by atoms with Gasteiger partial charge in [-0.3, -0.25) is 0 Å². The number of aliphatic hydroxyl groups is 1. The van der Waals surface area contributed by atoms with Gasteiger partial charge in [0.2, 0.25) is 0 Å². The van der Waals surface area contributed by atoms with Crippen molar-refractivity contribution < 1.29 is 14.3 Å². The minimum Gasteiger partial charge on any atom is -0.466 e. The first-order valence-corrected chi connectivity index (χ1v) is 4.91. The Morgan fingerprint density at radius 1 is 1.67 bits per heavy atom.